The second-order valence-corrected chi connectivity index (χ2v) is 9.75. The van der Waals surface area contributed by atoms with E-state index in [1.807, 2.05) is 6.92 Å². The normalized spacial score (nSPS) is 20.2. The Morgan fingerprint density at radius 2 is 1.90 bits per heavy atom. The topological polar surface area (TPSA) is 96.8 Å². The quantitative estimate of drug-likeness (QED) is 0.650. The van der Waals surface area contributed by atoms with Gasteiger partial charge in [0.1, 0.15) is 5.69 Å². The summed E-state index contributed by atoms with van der Waals surface area (Å²) in [5, 5.41) is 7.17. The number of sulfonamides is 1. The molecule has 1 aromatic rings. The lowest BCUT2D eigenvalue weighted by atomic mass is 9.98. The highest BCUT2D eigenvalue weighted by atomic mass is 32.2. The van der Waals surface area contributed by atoms with Crippen LogP contribution in [0.5, 0.6) is 0 Å². The highest BCUT2D eigenvalue weighted by Crippen LogP contribution is 2.24. The Balaban J connectivity index is 1.58. The van der Waals surface area contributed by atoms with Gasteiger partial charge >= 0.3 is 0 Å². The van der Waals surface area contributed by atoms with Crippen molar-refractivity contribution in [2.24, 2.45) is 0 Å². The summed E-state index contributed by atoms with van der Waals surface area (Å²) in [6.45, 7) is 6.55. The van der Waals surface area contributed by atoms with Gasteiger partial charge in [0, 0.05) is 64.2 Å². The zero-order valence-electron chi connectivity index (χ0n) is 17.4. The van der Waals surface area contributed by atoms with Gasteiger partial charge in [-0.1, -0.05) is 0 Å². The fraction of sp³-hybridized carbons (Fsp3) is 0.789. The number of hydrogen-bond donors (Lipinski definition) is 1. The first kappa shape index (κ1) is 22.2. The summed E-state index contributed by atoms with van der Waals surface area (Å²) < 4.78 is 32.4. The van der Waals surface area contributed by atoms with E-state index in [2.05, 4.69) is 15.3 Å². The molecule has 2 fully saturated rings. The van der Waals surface area contributed by atoms with E-state index in [-0.39, 0.29) is 5.91 Å². The second-order valence-electron chi connectivity index (χ2n) is 7.76. The van der Waals surface area contributed by atoms with Crippen molar-refractivity contribution in [3.8, 4) is 0 Å². The maximum absolute atomic E-state index is 12.5. The monoisotopic (exact) mass is 427 g/mol. The zero-order chi connectivity index (χ0) is 20.9. The number of ether oxygens (including phenoxy) is 1. The molecule has 29 heavy (non-hydrogen) atoms. The molecule has 164 valence electrons. The van der Waals surface area contributed by atoms with E-state index in [0.717, 1.165) is 45.4 Å². The van der Waals surface area contributed by atoms with Crippen LogP contribution < -0.4 is 5.32 Å². The average Bonchev–Trinajstić information content (AvgIpc) is 3.20. The minimum Gasteiger partial charge on any atom is -0.381 e. The Morgan fingerprint density at radius 1 is 1.24 bits per heavy atom. The molecule has 0 aromatic carbocycles. The van der Waals surface area contributed by atoms with Gasteiger partial charge in [-0.2, -0.15) is 5.10 Å². The van der Waals surface area contributed by atoms with Crippen LogP contribution in [-0.2, 0) is 21.3 Å². The average molecular weight is 428 g/mol. The number of rotatable bonds is 8. The first-order valence-electron chi connectivity index (χ1n) is 10.5. The van der Waals surface area contributed by atoms with Crippen LogP contribution in [0.3, 0.4) is 0 Å². The predicted molar refractivity (Wildman–Crippen MR) is 110 cm³/mol. The molecule has 0 spiro atoms. The van der Waals surface area contributed by atoms with Gasteiger partial charge in [0.15, 0.2) is 0 Å². The van der Waals surface area contributed by atoms with E-state index < -0.39 is 10.0 Å². The number of hydrogen-bond acceptors (Lipinski definition) is 6. The van der Waals surface area contributed by atoms with Crippen LogP contribution in [0.2, 0.25) is 0 Å². The van der Waals surface area contributed by atoms with Gasteiger partial charge in [0.2, 0.25) is 10.0 Å². The molecule has 2 aliphatic rings. The molecule has 1 aromatic heterocycles. The van der Waals surface area contributed by atoms with E-state index in [9.17, 15) is 13.2 Å². The molecule has 1 N–H and O–H groups in total. The second kappa shape index (κ2) is 10.0. The van der Waals surface area contributed by atoms with Crippen LogP contribution in [0, 0.1) is 0 Å². The van der Waals surface area contributed by atoms with E-state index in [0.29, 0.717) is 44.0 Å². The van der Waals surface area contributed by atoms with Crippen molar-refractivity contribution in [2.45, 2.75) is 51.2 Å². The molecule has 2 aliphatic heterocycles. The number of aromatic nitrogens is 2. The van der Waals surface area contributed by atoms with Crippen LogP contribution in [-0.4, -0.2) is 91.0 Å². The highest BCUT2D eigenvalue weighted by molar-refractivity contribution is 7.88. The largest absolute Gasteiger partial charge is 0.381 e. The van der Waals surface area contributed by atoms with Crippen LogP contribution in [0.25, 0.3) is 0 Å². The summed E-state index contributed by atoms with van der Waals surface area (Å²) in [7, 11) is -3.13. The molecule has 3 heterocycles. The molecule has 3 rings (SSSR count). The standard InChI is InChI=1S/C19H33N5O4S/c1-3-24-18(4-9-21-24)19(25)20-10-13-23(17-7-14-28-15-8-17)16-5-11-22(12-6-16)29(2,26)27/h4,9,16-17H,3,5-8,10-15H2,1-2H3,(H,20,25). The molecule has 0 radical (unpaired) electrons. The molecule has 9 nitrogen and oxygen atoms in total. The van der Waals surface area contributed by atoms with Crippen molar-refractivity contribution in [1.82, 2.24) is 24.3 Å². The lowest BCUT2D eigenvalue weighted by Crippen LogP contribution is -2.53. The molecule has 2 saturated heterocycles. The molecule has 0 bridgehead atoms. The number of aryl methyl sites for hydroxylation is 1. The van der Waals surface area contributed by atoms with Crippen LogP contribution in [0.1, 0.15) is 43.1 Å². The van der Waals surface area contributed by atoms with E-state index >= 15 is 0 Å². The summed E-state index contributed by atoms with van der Waals surface area (Å²) in [4.78, 5) is 15.0. The molecule has 0 saturated carbocycles. The molecule has 1 amide bonds. The Morgan fingerprint density at radius 3 is 2.52 bits per heavy atom. The molecular formula is C19H33N5O4S. The lowest BCUT2D eigenvalue weighted by Gasteiger charge is -2.43. The third kappa shape index (κ3) is 5.78. The van der Waals surface area contributed by atoms with E-state index in [4.69, 9.17) is 4.74 Å². The SMILES string of the molecule is CCn1nccc1C(=O)NCCN(C1CCOCC1)C1CCN(S(C)(=O)=O)CC1. The van der Waals surface area contributed by atoms with Gasteiger partial charge in [-0.3, -0.25) is 14.4 Å². The number of nitrogens with one attached hydrogen (secondary N) is 1. The van der Waals surface area contributed by atoms with Crippen LogP contribution in [0.15, 0.2) is 12.3 Å². The maximum Gasteiger partial charge on any atom is 0.269 e. The summed E-state index contributed by atoms with van der Waals surface area (Å²) in [6.07, 6.45) is 6.51. The molecule has 10 heteroatoms. The summed E-state index contributed by atoms with van der Waals surface area (Å²) in [6, 6.07) is 2.47. The summed E-state index contributed by atoms with van der Waals surface area (Å²) in [5.74, 6) is -0.108. The van der Waals surface area contributed by atoms with Gasteiger partial charge in [-0.05, 0) is 38.7 Å². The van der Waals surface area contributed by atoms with Gasteiger partial charge in [0.25, 0.3) is 5.91 Å². The summed E-state index contributed by atoms with van der Waals surface area (Å²) >= 11 is 0. The first-order valence-corrected chi connectivity index (χ1v) is 12.3. The van der Waals surface area contributed by atoms with Gasteiger partial charge < -0.3 is 10.1 Å². The first-order chi connectivity index (χ1) is 13.9. The number of piperidine rings is 1. The number of amides is 1. The molecular weight excluding hydrogens is 394 g/mol. The van der Waals surface area contributed by atoms with Crippen molar-refractivity contribution >= 4 is 15.9 Å². The van der Waals surface area contributed by atoms with Crippen molar-refractivity contribution < 1.29 is 17.9 Å². The fourth-order valence-corrected chi connectivity index (χ4v) is 5.23. The van der Waals surface area contributed by atoms with Crippen molar-refractivity contribution in [3.05, 3.63) is 18.0 Å². The Labute approximate surface area is 173 Å². The minimum absolute atomic E-state index is 0.108. The molecule has 0 atom stereocenters. The fourth-order valence-electron chi connectivity index (χ4n) is 4.35. The van der Waals surface area contributed by atoms with Gasteiger partial charge in [-0.25, -0.2) is 12.7 Å². The number of carbonyl (C=O) groups excluding carboxylic acids is 1. The summed E-state index contributed by atoms with van der Waals surface area (Å²) in [5.41, 5.74) is 0.576. The number of nitrogens with zero attached hydrogens (tertiary/aromatic N) is 4. The molecule has 0 aliphatic carbocycles. The Kier molecular flexibility index (Phi) is 7.66. The Bertz CT molecular complexity index is 767. The smallest absolute Gasteiger partial charge is 0.269 e. The third-order valence-corrected chi connectivity index (χ3v) is 7.23. The van der Waals surface area contributed by atoms with Crippen LogP contribution >= 0.6 is 0 Å². The van der Waals surface area contributed by atoms with Gasteiger partial charge in [-0.15, -0.1) is 0 Å². The van der Waals surface area contributed by atoms with E-state index in [1.54, 1.807) is 21.3 Å². The Hall–Kier alpha value is -1.49. The van der Waals surface area contributed by atoms with Crippen molar-refractivity contribution in [2.75, 3.05) is 45.6 Å². The van der Waals surface area contributed by atoms with Crippen molar-refractivity contribution in [3.63, 3.8) is 0 Å². The minimum atomic E-state index is -3.13. The van der Waals surface area contributed by atoms with Gasteiger partial charge in [0.05, 0.1) is 6.26 Å². The third-order valence-electron chi connectivity index (χ3n) is 5.93. The highest BCUT2D eigenvalue weighted by Gasteiger charge is 2.32. The number of carbonyl (C=O) groups is 1. The lowest BCUT2D eigenvalue weighted by molar-refractivity contribution is 0.00746. The van der Waals surface area contributed by atoms with Crippen molar-refractivity contribution in [1.29, 1.82) is 0 Å². The predicted octanol–water partition coefficient (Wildman–Crippen LogP) is 0.538. The zero-order valence-corrected chi connectivity index (χ0v) is 18.2. The van der Waals surface area contributed by atoms with Crippen LogP contribution in [0.4, 0.5) is 0 Å². The maximum atomic E-state index is 12.5. The molecule has 0 unspecified atom stereocenters. The van der Waals surface area contributed by atoms with E-state index in [1.165, 1.54) is 6.26 Å².